The quantitative estimate of drug-likeness (QED) is 0.897. The molecule has 0 bridgehead atoms. The van der Waals surface area contributed by atoms with Crippen molar-refractivity contribution in [2.75, 3.05) is 13.2 Å². The molecule has 1 aliphatic rings. The molecular weight excluding hydrogens is 262 g/mol. The average Bonchev–Trinajstić information content (AvgIpc) is 2.46. The van der Waals surface area contributed by atoms with Crippen molar-refractivity contribution in [3.05, 3.63) is 35.4 Å². The van der Waals surface area contributed by atoms with Gasteiger partial charge in [0.2, 0.25) is 10.0 Å². The van der Waals surface area contributed by atoms with Crippen LogP contribution in [0.15, 0.2) is 24.3 Å². The molecule has 19 heavy (non-hydrogen) atoms. The summed E-state index contributed by atoms with van der Waals surface area (Å²) in [5.74, 6) is 0. The van der Waals surface area contributed by atoms with Gasteiger partial charge >= 0.3 is 0 Å². The van der Waals surface area contributed by atoms with Gasteiger partial charge in [-0.2, -0.15) is 0 Å². The molecule has 0 aromatic heterocycles. The van der Waals surface area contributed by atoms with Crippen molar-refractivity contribution in [2.45, 2.75) is 38.0 Å². The van der Waals surface area contributed by atoms with Gasteiger partial charge < -0.3 is 4.74 Å². The van der Waals surface area contributed by atoms with Gasteiger partial charge in [-0.05, 0) is 30.4 Å². The molecule has 1 heterocycles. The van der Waals surface area contributed by atoms with E-state index in [0.717, 1.165) is 12.0 Å². The Morgan fingerprint density at radius 2 is 1.84 bits per heavy atom. The Labute approximate surface area is 115 Å². The lowest BCUT2D eigenvalue weighted by Gasteiger charge is -2.22. The lowest BCUT2D eigenvalue weighted by atomic mass is 10.1. The zero-order valence-electron chi connectivity index (χ0n) is 11.3. The van der Waals surface area contributed by atoms with Crippen molar-refractivity contribution in [3.8, 4) is 0 Å². The summed E-state index contributed by atoms with van der Waals surface area (Å²) in [7, 11) is -3.24. The maximum absolute atomic E-state index is 12.2. The Hall–Kier alpha value is -0.910. The second kappa shape index (κ2) is 6.50. The molecule has 0 saturated carbocycles. The van der Waals surface area contributed by atoms with Crippen LogP contribution >= 0.6 is 0 Å². The van der Waals surface area contributed by atoms with Crippen LogP contribution in [-0.4, -0.2) is 26.9 Å². The van der Waals surface area contributed by atoms with Crippen LogP contribution in [0.3, 0.4) is 0 Å². The van der Waals surface area contributed by atoms with Crippen LogP contribution in [0, 0.1) is 0 Å². The Kier molecular flexibility index (Phi) is 4.96. The van der Waals surface area contributed by atoms with E-state index >= 15 is 0 Å². The molecule has 0 atom stereocenters. The topological polar surface area (TPSA) is 55.4 Å². The highest BCUT2D eigenvalue weighted by Gasteiger charge is 2.27. The number of rotatable bonds is 5. The van der Waals surface area contributed by atoms with Crippen LogP contribution in [-0.2, 0) is 27.7 Å². The van der Waals surface area contributed by atoms with Gasteiger partial charge in [-0.1, -0.05) is 31.2 Å². The third-order valence-corrected chi connectivity index (χ3v) is 5.47. The summed E-state index contributed by atoms with van der Waals surface area (Å²) in [4.78, 5) is 0. The van der Waals surface area contributed by atoms with Crippen molar-refractivity contribution in [3.63, 3.8) is 0 Å². The predicted molar refractivity (Wildman–Crippen MR) is 75.4 cm³/mol. The first-order chi connectivity index (χ1) is 9.13. The normalized spacial score (nSPS) is 17.5. The van der Waals surface area contributed by atoms with Crippen molar-refractivity contribution < 1.29 is 13.2 Å². The minimum Gasteiger partial charge on any atom is -0.381 e. The Morgan fingerprint density at radius 1 is 1.21 bits per heavy atom. The number of ether oxygens (including phenoxy) is 1. The minimum atomic E-state index is -3.24. The molecule has 1 aromatic rings. The number of sulfonamides is 1. The van der Waals surface area contributed by atoms with Gasteiger partial charge in [-0.3, -0.25) is 0 Å². The monoisotopic (exact) mass is 283 g/mol. The number of hydrogen-bond acceptors (Lipinski definition) is 3. The van der Waals surface area contributed by atoms with Gasteiger partial charge in [0.15, 0.2) is 0 Å². The van der Waals surface area contributed by atoms with Gasteiger partial charge in [0.05, 0.1) is 5.25 Å². The standard InChI is InChI=1S/C14H21NO3S/c1-2-12-5-3-4-6-13(12)11-15-19(16,17)14-7-9-18-10-8-14/h3-6,14-15H,2,7-11H2,1H3. The van der Waals surface area contributed by atoms with Gasteiger partial charge in [0.25, 0.3) is 0 Å². The molecule has 1 saturated heterocycles. The molecule has 0 radical (unpaired) electrons. The number of benzene rings is 1. The number of hydrogen-bond donors (Lipinski definition) is 1. The van der Waals surface area contributed by atoms with Crippen molar-refractivity contribution in [1.82, 2.24) is 4.72 Å². The largest absolute Gasteiger partial charge is 0.381 e. The summed E-state index contributed by atoms with van der Waals surface area (Å²) >= 11 is 0. The molecule has 0 amide bonds. The van der Waals surface area contributed by atoms with Gasteiger partial charge in [-0.25, -0.2) is 13.1 Å². The third-order valence-electron chi connectivity index (χ3n) is 3.57. The first-order valence-corrected chi connectivity index (χ1v) is 8.31. The lowest BCUT2D eigenvalue weighted by molar-refractivity contribution is 0.0981. The summed E-state index contributed by atoms with van der Waals surface area (Å²) in [5, 5.41) is -0.310. The highest BCUT2D eigenvalue weighted by Crippen LogP contribution is 2.16. The molecule has 5 heteroatoms. The smallest absolute Gasteiger partial charge is 0.214 e. The summed E-state index contributed by atoms with van der Waals surface area (Å²) in [6.07, 6.45) is 2.09. The summed E-state index contributed by atoms with van der Waals surface area (Å²) in [5.41, 5.74) is 2.25. The van der Waals surface area contributed by atoms with Crippen molar-refractivity contribution in [1.29, 1.82) is 0 Å². The zero-order chi connectivity index (χ0) is 13.7. The average molecular weight is 283 g/mol. The Bertz CT molecular complexity index is 507. The van der Waals surface area contributed by atoms with Crippen molar-refractivity contribution in [2.24, 2.45) is 0 Å². The molecule has 106 valence electrons. The highest BCUT2D eigenvalue weighted by atomic mass is 32.2. The molecule has 0 unspecified atom stereocenters. The molecule has 1 N–H and O–H groups in total. The first-order valence-electron chi connectivity index (χ1n) is 6.76. The molecule has 1 aromatic carbocycles. The Morgan fingerprint density at radius 3 is 2.47 bits per heavy atom. The van der Waals surface area contributed by atoms with Crippen LogP contribution in [0.2, 0.25) is 0 Å². The van der Waals surface area contributed by atoms with Crippen LogP contribution < -0.4 is 4.72 Å². The molecule has 2 rings (SSSR count). The van der Waals surface area contributed by atoms with E-state index in [9.17, 15) is 8.42 Å². The zero-order valence-corrected chi connectivity index (χ0v) is 12.1. The lowest BCUT2D eigenvalue weighted by Crippen LogP contribution is -2.37. The van der Waals surface area contributed by atoms with Crippen LogP contribution in [0.5, 0.6) is 0 Å². The van der Waals surface area contributed by atoms with Gasteiger partial charge in [0, 0.05) is 19.8 Å². The Balaban J connectivity index is 2.00. The summed E-state index contributed by atoms with van der Waals surface area (Å²) in [6, 6.07) is 7.94. The first kappa shape index (κ1) is 14.5. The van der Waals surface area contributed by atoms with Crippen LogP contribution in [0.25, 0.3) is 0 Å². The molecule has 1 aliphatic heterocycles. The van der Waals surface area contributed by atoms with E-state index in [1.54, 1.807) is 0 Å². The van der Waals surface area contributed by atoms with E-state index in [0.29, 0.717) is 32.6 Å². The molecule has 0 spiro atoms. The molecule has 4 nitrogen and oxygen atoms in total. The van der Waals surface area contributed by atoms with E-state index in [2.05, 4.69) is 11.6 Å². The molecular formula is C14H21NO3S. The minimum absolute atomic E-state index is 0.310. The van der Waals surface area contributed by atoms with E-state index in [1.807, 2.05) is 24.3 Å². The highest BCUT2D eigenvalue weighted by molar-refractivity contribution is 7.90. The van der Waals surface area contributed by atoms with E-state index < -0.39 is 10.0 Å². The fraction of sp³-hybridized carbons (Fsp3) is 0.571. The number of nitrogens with one attached hydrogen (secondary N) is 1. The van der Waals surface area contributed by atoms with E-state index in [1.165, 1.54) is 5.56 Å². The SMILES string of the molecule is CCc1ccccc1CNS(=O)(=O)C1CCOCC1. The second-order valence-electron chi connectivity index (χ2n) is 4.80. The number of aryl methyl sites for hydroxylation is 1. The predicted octanol–water partition coefficient (Wildman–Crippen LogP) is 1.85. The van der Waals surface area contributed by atoms with Crippen molar-refractivity contribution >= 4 is 10.0 Å². The fourth-order valence-electron chi connectivity index (χ4n) is 2.36. The summed E-state index contributed by atoms with van der Waals surface area (Å²) in [6.45, 7) is 3.53. The molecule has 1 fully saturated rings. The van der Waals surface area contributed by atoms with Gasteiger partial charge in [0.1, 0.15) is 0 Å². The molecule has 0 aliphatic carbocycles. The maximum Gasteiger partial charge on any atom is 0.214 e. The van der Waals surface area contributed by atoms with E-state index in [-0.39, 0.29) is 5.25 Å². The third kappa shape index (κ3) is 3.78. The van der Waals surface area contributed by atoms with Crippen LogP contribution in [0.4, 0.5) is 0 Å². The van der Waals surface area contributed by atoms with Gasteiger partial charge in [-0.15, -0.1) is 0 Å². The fourth-order valence-corrected chi connectivity index (χ4v) is 3.76. The summed E-state index contributed by atoms with van der Waals surface area (Å²) < 4.78 is 32.3. The maximum atomic E-state index is 12.2. The van der Waals surface area contributed by atoms with E-state index in [4.69, 9.17) is 4.74 Å². The second-order valence-corrected chi connectivity index (χ2v) is 6.85. The van der Waals surface area contributed by atoms with Crippen LogP contribution in [0.1, 0.15) is 30.9 Å².